The molecule has 0 aromatic carbocycles. The summed E-state index contributed by atoms with van der Waals surface area (Å²) in [5.74, 6) is 0. The minimum absolute atomic E-state index is 0.106. The van der Waals surface area contributed by atoms with Crippen LogP contribution in [0.2, 0.25) is 0 Å². The Morgan fingerprint density at radius 3 is 2.47 bits per heavy atom. The van der Waals surface area contributed by atoms with E-state index >= 15 is 0 Å². The maximum Gasteiger partial charge on any atom is 0.258 e. The molecule has 0 saturated carbocycles. The number of aromatic nitrogens is 5. The van der Waals surface area contributed by atoms with Crippen molar-refractivity contribution in [3.05, 3.63) is 58.4 Å². The number of piperidine rings is 1. The highest BCUT2D eigenvalue weighted by molar-refractivity contribution is 5.66. The number of hydrogen-bond donors (Lipinski definition) is 0. The fraction of sp³-hybridized carbons (Fsp3) is 0.417. The van der Waals surface area contributed by atoms with Crippen LogP contribution in [0.1, 0.15) is 31.2 Å². The van der Waals surface area contributed by atoms with E-state index in [1.54, 1.807) is 15.0 Å². The summed E-state index contributed by atoms with van der Waals surface area (Å²) in [5, 5.41) is 4.63. The quantitative estimate of drug-likeness (QED) is 0.497. The molecule has 0 aliphatic carbocycles. The Balaban J connectivity index is 1.48. The van der Waals surface area contributed by atoms with Gasteiger partial charge in [0.05, 0.1) is 34.5 Å². The first-order valence-corrected chi connectivity index (χ1v) is 11.0. The van der Waals surface area contributed by atoms with Gasteiger partial charge in [0, 0.05) is 30.9 Å². The maximum atomic E-state index is 13.0. The molecule has 1 aliphatic rings. The number of pyridine rings is 1. The highest BCUT2D eigenvalue weighted by Gasteiger charge is 2.32. The van der Waals surface area contributed by atoms with Crippen LogP contribution < -0.4 is 10.5 Å². The molecular formula is C24H29N7O. The molecule has 0 radical (unpaired) electrons. The third-order valence-corrected chi connectivity index (χ3v) is 6.95. The molecule has 5 rings (SSSR count). The lowest BCUT2D eigenvalue weighted by Crippen LogP contribution is -2.50. The monoisotopic (exact) mass is 431 g/mol. The van der Waals surface area contributed by atoms with Gasteiger partial charge in [-0.2, -0.15) is 5.10 Å². The molecule has 0 amide bonds. The summed E-state index contributed by atoms with van der Waals surface area (Å²) in [6.07, 6.45) is 5.97. The highest BCUT2D eigenvalue weighted by atomic mass is 16.1. The van der Waals surface area contributed by atoms with Gasteiger partial charge in [-0.1, -0.05) is 0 Å². The topological polar surface area (TPSA) is 71.0 Å². The van der Waals surface area contributed by atoms with Crippen molar-refractivity contribution in [1.29, 1.82) is 0 Å². The highest BCUT2D eigenvalue weighted by Crippen LogP contribution is 2.29. The largest absolute Gasteiger partial charge is 0.370 e. The van der Waals surface area contributed by atoms with E-state index < -0.39 is 0 Å². The second-order valence-corrected chi connectivity index (χ2v) is 9.30. The van der Waals surface area contributed by atoms with Gasteiger partial charge < -0.3 is 9.80 Å². The molecule has 0 unspecified atom stereocenters. The van der Waals surface area contributed by atoms with E-state index in [-0.39, 0.29) is 11.1 Å². The zero-order chi connectivity index (χ0) is 22.6. The number of rotatable bonds is 3. The Kier molecular flexibility index (Phi) is 4.78. The molecule has 32 heavy (non-hydrogen) atoms. The molecule has 0 bridgehead atoms. The van der Waals surface area contributed by atoms with Gasteiger partial charge in [0.25, 0.3) is 5.56 Å². The predicted octanol–water partition coefficient (Wildman–Crippen LogP) is 2.94. The second-order valence-electron chi connectivity index (χ2n) is 9.30. The van der Waals surface area contributed by atoms with Crippen molar-refractivity contribution in [3.63, 3.8) is 0 Å². The normalized spacial score (nSPS) is 16.4. The molecule has 0 spiro atoms. The van der Waals surface area contributed by atoms with Crippen LogP contribution in [-0.4, -0.2) is 61.6 Å². The van der Waals surface area contributed by atoms with Gasteiger partial charge in [0.1, 0.15) is 11.3 Å². The molecule has 1 saturated heterocycles. The molecule has 166 valence electrons. The molecule has 8 heteroatoms. The van der Waals surface area contributed by atoms with Crippen LogP contribution in [0.3, 0.4) is 0 Å². The Morgan fingerprint density at radius 1 is 1.00 bits per heavy atom. The van der Waals surface area contributed by atoms with Gasteiger partial charge in [0.2, 0.25) is 0 Å². The second kappa shape index (κ2) is 7.41. The lowest BCUT2D eigenvalue weighted by atomic mass is 9.88. The summed E-state index contributed by atoms with van der Waals surface area (Å²) in [5.41, 5.74) is 5.75. The Bertz CT molecular complexity index is 1380. The van der Waals surface area contributed by atoms with Gasteiger partial charge in [0.15, 0.2) is 0 Å². The van der Waals surface area contributed by atoms with Crippen LogP contribution >= 0.6 is 0 Å². The van der Waals surface area contributed by atoms with Crippen LogP contribution in [0.25, 0.3) is 22.6 Å². The SMILES string of the molecule is Cc1cn2nc(-c3cc(=O)n4cc(N5CCC(C)(N(C)C)CC5)ccc4n3)cc2c(C)n1. The number of aryl methyl sites for hydroxylation is 2. The van der Waals surface area contributed by atoms with E-state index in [1.165, 1.54) is 0 Å². The summed E-state index contributed by atoms with van der Waals surface area (Å²) in [6, 6.07) is 7.48. The van der Waals surface area contributed by atoms with Crippen molar-refractivity contribution in [2.24, 2.45) is 0 Å². The number of fused-ring (bicyclic) bond motifs is 2. The summed E-state index contributed by atoms with van der Waals surface area (Å²) in [7, 11) is 4.30. The van der Waals surface area contributed by atoms with Crippen molar-refractivity contribution in [2.75, 3.05) is 32.1 Å². The lowest BCUT2D eigenvalue weighted by Gasteiger charge is -2.44. The molecule has 1 aliphatic heterocycles. The third-order valence-electron chi connectivity index (χ3n) is 6.95. The first-order chi connectivity index (χ1) is 15.2. The van der Waals surface area contributed by atoms with Crippen LogP contribution in [0.5, 0.6) is 0 Å². The molecule has 1 fully saturated rings. The fourth-order valence-corrected chi connectivity index (χ4v) is 4.52. The van der Waals surface area contributed by atoms with Crippen LogP contribution in [0.4, 0.5) is 5.69 Å². The molecular weight excluding hydrogens is 402 g/mol. The van der Waals surface area contributed by atoms with E-state index in [0.29, 0.717) is 17.0 Å². The molecule has 0 N–H and O–H groups in total. The van der Waals surface area contributed by atoms with Crippen molar-refractivity contribution in [2.45, 2.75) is 39.2 Å². The van der Waals surface area contributed by atoms with Gasteiger partial charge in [-0.05, 0) is 65.9 Å². The third kappa shape index (κ3) is 3.44. The molecule has 5 heterocycles. The van der Waals surface area contributed by atoms with Crippen molar-refractivity contribution < 1.29 is 0 Å². The minimum Gasteiger partial charge on any atom is -0.370 e. The van der Waals surface area contributed by atoms with E-state index in [0.717, 1.165) is 48.5 Å². The number of nitrogens with zero attached hydrogens (tertiary/aromatic N) is 7. The van der Waals surface area contributed by atoms with Crippen LogP contribution in [-0.2, 0) is 0 Å². The first kappa shape index (κ1) is 20.6. The van der Waals surface area contributed by atoms with Crippen molar-refractivity contribution in [1.82, 2.24) is 28.9 Å². The maximum absolute atomic E-state index is 13.0. The smallest absolute Gasteiger partial charge is 0.258 e. The van der Waals surface area contributed by atoms with E-state index in [9.17, 15) is 4.79 Å². The van der Waals surface area contributed by atoms with Gasteiger partial charge >= 0.3 is 0 Å². The fourth-order valence-electron chi connectivity index (χ4n) is 4.52. The average Bonchev–Trinajstić information content (AvgIpc) is 3.18. The Hall–Kier alpha value is -3.26. The first-order valence-electron chi connectivity index (χ1n) is 11.0. The van der Waals surface area contributed by atoms with Crippen molar-refractivity contribution >= 4 is 16.9 Å². The van der Waals surface area contributed by atoms with Gasteiger partial charge in [-0.15, -0.1) is 0 Å². The van der Waals surface area contributed by atoms with Gasteiger partial charge in [-0.25, -0.2) is 9.50 Å². The molecule has 0 atom stereocenters. The summed E-state index contributed by atoms with van der Waals surface area (Å²) in [4.78, 5) is 26.9. The minimum atomic E-state index is -0.106. The number of anilines is 1. The van der Waals surface area contributed by atoms with E-state index in [2.05, 4.69) is 47.0 Å². The average molecular weight is 432 g/mol. The summed E-state index contributed by atoms with van der Waals surface area (Å²) < 4.78 is 3.43. The van der Waals surface area contributed by atoms with Crippen molar-refractivity contribution in [3.8, 4) is 11.4 Å². The summed E-state index contributed by atoms with van der Waals surface area (Å²) in [6.45, 7) is 8.15. The standard InChI is InChI=1S/C24H29N7O/c1-16-14-31-21(17(2)25-16)12-20(27-31)19-13-23(32)30-15-18(6-7-22(30)26-19)29-10-8-24(3,9-11-29)28(4)5/h6-7,12-15H,8-11H2,1-5H3. The Labute approximate surface area is 187 Å². The molecule has 4 aromatic heterocycles. The molecule has 8 nitrogen and oxygen atoms in total. The zero-order valence-corrected chi connectivity index (χ0v) is 19.3. The van der Waals surface area contributed by atoms with E-state index in [1.807, 2.05) is 38.4 Å². The Morgan fingerprint density at radius 2 is 1.75 bits per heavy atom. The van der Waals surface area contributed by atoms with Crippen LogP contribution in [0, 0.1) is 13.8 Å². The van der Waals surface area contributed by atoms with Crippen LogP contribution in [0.15, 0.2) is 41.5 Å². The number of hydrogen-bond acceptors (Lipinski definition) is 6. The lowest BCUT2D eigenvalue weighted by molar-refractivity contribution is 0.137. The molecule has 4 aromatic rings. The summed E-state index contributed by atoms with van der Waals surface area (Å²) >= 11 is 0. The zero-order valence-electron chi connectivity index (χ0n) is 19.3. The van der Waals surface area contributed by atoms with Gasteiger partial charge in [-0.3, -0.25) is 14.2 Å². The predicted molar refractivity (Wildman–Crippen MR) is 126 cm³/mol. The van der Waals surface area contributed by atoms with E-state index in [4.69, 9.17) is 4.98 Å².